The van der Waals surface area contributed by atoms with E-state index in [0.717, 1.165) is 29.7 Å². The van der Waals surface area contributed by atoms with E-state index in [-0.39, 0.29) is 11.8 Å². The molecule has 0 bridgehead atoms. The number of aryl methyl sites for hydroxylation is 1. The van der Waals surface area contributed by atoms with Crippen molar-refractivity contribution in [3.05, 3.63) is 77.1 Å². The molecule has 0 saturated carbocycles. The Morgan fingerprint density at radius 3 is 2.93 bits per heavy atom. The van der Waals surface area contributed by atoms with Crippen LogP contribution in [0.2, 0.25) is 0 Å². The summed E-state index contributed by atoms with van der Waals surface area (Å²) >= 11 is 0. The fourth-order valence-corrected chi connectivity index (χ4v) is 3.77. The lowest BCUT2D eigenvalue weighted by atomic mass is 10.0. The maximum absolute atomic E-state index is 12.7. The molecule has 0 aliphatic heterocycles. The molecule has 0 fully saturated rings. The minimum absolute atomic E-state index is 0.0662. The number of aromatic nitrogens is 3. The second-order valence-corrected chi connectivity index (χ2v) is 7.85. The van der Waals surface area contributed by atoms with Crippen LogP contribution in [0, 0.1) is 0 Å². The summed E-state index contributed by atoms with van der Waals surface area (Å²) in [6, 6.07) is 16.0. The zero-order chi connectivity index (χ0) is 20.4. The van der Waals surface area contributed by atoms with E-state index >= 15 is 0 Å². The van der Waals surface area contributed by atoms with Crippen molar-refractivity contribution in [1.29, 1.82) is 0 Å². The van der Waals surface area contributed by atoms with Crippen molar-refractivity contribution in [1.82, 2.24) is 20.3 Å². The van der Waals surface area contributed by atoms with Crippen molar-refractivity contribution in [3.63, 3.8) is 0 Å². The Morgan fingerprint density at radius 2 is 2.10 bits per heavy atom. The highest BCUT2D eigenvalue weighted by atomic mass is 16.3. The lowest BCUT2D eigenvalue weighted by Crippen LogP contribution is -2.27. The zero-order valence-corrected chi connectivity index (χ0v) is 16.8. The molecule has 1 aromatic heterocycles. The first kappa shape index (κ1) is 19.3. The Morgan fingerprint density at radius 1 is 1.28 bits per heavy atom. The molecule has 0 radical (unpaired) electrons. The summed E-state index contributed by atoms with van der Waals surface area (Å²) in [5, 5.41) is 21.7. The molecule has 6 nitrogen and oxygen atoms in total. The summed E-state index contributed by atoms with van der Waals surface area (Å²) in [6.07, 6.45) is 4.13. The molecule has 4 rings (SSSR count). The van der Waals surface area contributed by atoms with Crippen molar-refractivity contribution in [3.8, 4) is 5.69 Å². The number of rotatable bonds is 6. The van der Waals surface area contributed by atoms with Gasteiger partial charge in [0.25, 0.3) is 0 Å². The van der Waals surface area contributed by atoms with Crippen LogP contribution in [0.4, 0.5) is 0 Å². The van der Waals surface area contributed by atoms with E-state index in [1.165, 1.54) is 5.56 Å². The number of fused-ring (bicyclic) bond motifs is 1. The first-order valence-electron chi connectivity index (χ1n) is 10.1. The molecule has 1 aliphatic carbocycles. The number of nitrogens with one attached hydrogen (secondary N) is 1. The highest BCUT2D eigenvalue weighted by molar-refractivity contribution is 5.84. The van der Waals surface area contributed by atoms with Crippen LogP contribution >= 0.6 is 0 Å². The van der Waals surface area contributed by atoms with Crippen LogP contribution in [0.15, 0.2) is 54.7 Å². The molecule has 150 valence electrons. The van der Waals surface area contributed by atoms with Crippen molar-refractivity contribution < 1.29 is 9.90 Å². The van der Waals surface area contributed by atoms with Gasteiger partial charge in [-0.25, -0.2) is 4.68 Å². The molecule has 2 aromatic carbocycles. The number of hydrogen-bond donors (Lipinski definition) is 2. The Balaban J connectivity index is 1.44. The number of amides is 1. The molecular formula is C23H26N4O2. The van der Waals surface area contributed by atoms with E-state index in [1.54, 1.807) is 17.8 Å². The summed E-state index contributed by atoms with van der Waals surface area (Å²) in [6.45, 7) is 4.10. The van der Waals surface area contributed by atoms with Gasteiger partial charge in [0, 0.05) is 6.54 Å². The van der Waals surface area contributed by atoms with Gasteiger partial charge in [0.05, 0.1) is 17.8 Å². The third kappa shape index (κ3) is 3.93. The van der Waals surface area contributed by atoms with Crippen LogP contribution in [0.5, 0.6) is 0 Å². The SMILES string of the molecule is CCC(C)(O)c1cn(-c2cccc(CNC(=O)[C@@H]3CCc4ccccc43)c2)nn1. The monoisotopic (exact) mass is 390 g/mol. The Kier molecular flexibility index (Phi) is 5.20. The molecule has 29 heavy (non-hydrogen) atoms. The van der Waals surface area contributed by atoms with Crippen molar-refractivity contribution >= 4 is 5.91 Å². The van der Waals surface area contributed by atoms with Gasteiger partial charge in [-0.1, -0.05) is 48.5 Å². The number of carbonyl (C=O) groups is 1. The number of nitrogens with zero attached hydrogens (tertiary/aromatic N) is 3. The minimum Gasteiger partial charge on any atom is -0.384 e. The Hall–Kier alpha value is -2.99. The lowest BCUT2D eigenvalue weighted by Gasteiger charge is -2.17. The molecule has 2 atom stereocenters. The second kappa shape index (κ2) is 7.79. The Labute approximate surface area is 170 Å². The van der Waals surface area contributed by atoms with Gasteiger partial charge >= 0.3 is 0 Å². The van der Waals surface area contributed by atoms with Crippen LogP contribution in [0.25, 0.3) is 5.69 Å². The molecule has 2 N–H and O–H groups in total. The highest BCUT2D eigenvalue weighted by Gasteiger charge is 2.28. The van der Waals surface area contributed by atoms with Gasteiger partial charge in [-0.2, -0.15) is 0 Å². The van der Waals surface area contributed by atoms with Crippen LogP contribution in [-0.4, -0.2) is 26.0 Å². The van der Waals surface area contributed by atoms with Gasteiger partial charge in [-0.05, 0) is 55.0 Å². The van der Waals surface area contributed by atoms with Crippen molar-refractivity contribution in [2.45, 2.75) is 51.2 Å². The molecule has 0 spiro atoms. The quantitative estimate of drug-likeness (QED) is 0.677. The first-order chi connectivity index (χ1) is 14.0. The van der Waals surface area contributed by atoms with E-state index in [9.17, 15) is 9.90 Å². The summed E-state index contributed by atoms with van der Waals surface area (Å²) in [5.74, 6) is 0.00548. The normalized spacial score (nSPS) is 17.6. The van der Waals surface area contributed by atoms with Crippen LogP contribution < -0.4 is 5.32 Å². The molecular weight excluding hydrogens is 364 g/mol. The van der Waals surface area contributed by atoms with Crippen LogP contribution in [-0.2, 0) is 23.4 Å². The fraction of sp³-hybridized carbons (Fsp3) is 0.348. The minimum atomic E-state index is -0.999. The summed E-state index contributed by atoms with van der Waals surface area (Å²) in [7, 11) is 0. The van der Waals surface area contributed by atoms with E-state index < -0.39 is 5.60 Å². The summed E-state index contributed by atoms with van der Waals surface area (Å²) < 4.78 is 1.65. The van der Waals surface area contributed by atoms with E-state index in [0.29, 0.717) is 18.7 Å². The molecule has 1 heterocycles. The van der Waals surface area contributed by atoms with Crippen LogP contribution in [0.1, 0.15) is 55.0 Å². The predicted octanol–water partition coefficient (Wildman–Crippen LogP) is 3.23. The topological polar surface area (TPSA) is 80.0 Å². The lowest BCUT2D eigenvalue weighted by molar-refractivity contribution is -0.122. The van der Waals surface area contributed by atoms with Crippen molar-refractivity contribution in [2.75, 3.05) is 0 Å². The number of benzene rings is 2. The second-order valence-electron chi connectivity index (χ2n) is 7.85. The zero-order valence-electron chi connectivity index (χ0n) is 16.8. The average Bonchev–Trinajstić information content (AvgIpc) is 3.40. The van der Waals surface area contributed by atoms with Gasteiger partial charge in [0.2, 0.25) is 5.91 Å². The number of aliphatic hydroxyl groups is 1. The summed E-state index contributed by atoms with van der Waals surface area (Å²) in [5.41, 5.74) is 3.80. The molecule has 6 heteroatoms. The van der Waals surface area contributed by atoms with Gasteiger partial charge in [-0.15, -0.1) is 5.10 Å². The maximum Gasteiger partial charge on any atom is 0.227 e. The first-order valence-corrected chi connectivity index (χ1v) is 10.1. The average molecular weight is 390 g/mol. The fourth-order valence-electron chi connectivity index (χ4n) is 3.77. The van der Waals surface area contributed by atoms with Gasteiger partial charge in [-0.3, -0.25) is 4.79 Å². The maximum atomic E-state index is 12.7. The predicted molar refractivity (Wildman–Crippen MR) is 111 cm³/mol. The van der Waals surface area contributed by atoms with E-state index in [2.05, 4.69) is 27.8 Å². The van der Waals surface area contributed by atoms with Gasteiger partial charge in [0.1, 0.15) is 11.3 Å². The molecule has 1 unspecified atom stereocenters. The van der Waals surface area contributed by atoms with Gasteiger partial charge in [0.15, 0.2) is 0 Å². The molecule has 3 aromatic rings. The third-order valence-electron chi connectivity index (χ3n) is 5.82. The molecule has 1 amide bonds. The largest absolute Gasteiger partial charge is 0.384 e. The smallest absolute Gasteiger partial charge is 0.227 e. The van der Waals surface area contributed by atoms with E-state index in [1.807, 2.05) is 43.3 Å². The third-order valence-corrected chi connectivity index (χ3v) is 5.82. The molecule has 1 aliphatic rings. The van der Waals surface area contributed by atoms with Gasteiger partial charge < -0.3 is 10.4 Å². The van der Waals surface area contributed by atoms with Crippen molar-refractivity contribution in [2.24, 2.45) is 0 Å². The van der Waals surface area contributed by atoms with E-state index in [4.69, 9.17) is 0 Å². The number of carbonyl (C=O) groups excluding carboxylic acids is 1. The van der Waals surface area contributed by atoms with Crippen LogP contribution in [0.3, 0.4) is 0 Å². The Bertz CT molecular complexity index is 1020. The molecule has 0 saturated heterocycles. The highest BCUT2D eigenvalue weighted by Crippen LogP contribution is 2.33. The standard InChI is InChI=1S/C23H26N4O2/c1-3-23(2,29)21-15-27(26-25-21)18-9-6-7-16(13-18)14-24-22(28)20-12-11-17-8-4-5-10-19(17)20/h4-10,13,15,20,29H,3,11-12,14H2,1-2H3,(H,24,28)/t20-,23?/m1/s1. The summed E-state index contributed by atoms with van der Waals surface area (Å²) in [4.78, 5) is 12.7. The number of hydrogen-bond acceptors (Lipinski definition) is 4.